The summed E-state index contributed by atoms with van der Waals surface area (Å²) < 4.78 is 0. The molecule has 1 aliphatic rings. The summed E-state index contributed by atoms with van der Waals surface area (Å²) in [4.78, 5) is 23.8. The van der Waals surface area contributed by atoms with Gasteiger partial charge in [0.1, 0.15) is 5.82 Å². The lowest BCUT2D eigenvalue weighted by Crippen LogP contribution is -2.50. The van der Waals surface area contributed by atoms with Crippen molar-refractivity contribution in [3.05, 3.63) is 54.2 Å². The van der Waals surface area contributed by atoms with Crippen LogP contribution in [0.3, 0.4) is 0 Å². The maximum atomic E-state index is 12.9. The maximum absolute atomic E-state index is 12.9. The van der Waals surface area contributed by atoms with Crippen LogP contribution in [0.5, 0.6) is 0 Å². The quantitative estimate of drug-likeness (QED) is 0.879. The van der Waals surface area contributed by atoms with Crippen molar-refractivity contribution < 1.29 is 4.79 Å². The minimum absolute atomic E-state index is 0.0489. The van der Waals surface area contributed by atoms with E-state index in [0.29, 0.717) is 6.54 Å². The molecule has 144 valence electrons. The van der Waals surface area contributed by atoms with Crippen molar-refractivity contribution in [2.24, 2.45) is 0 Å². The average Bonchev–Trinajstić information content (AvgIpc) is 2.70. The Hall–Kier alpha value is -2.60. The van der Waals surface area contributed by atoms with Gasteiger partial charge in [-0.15, -0.1) is 0 Å². The number of hydrogen-bond acceptors (Lipinski definition) is 4. The van der Waals surface area contributed by atoms with Gasteiger partial charge in [-0.1, -0.05) is 30.3 Å². The number of benzene rings is 1. The normalized spacial score (nSPS) is 17.6. The third-order valence-electron chi connectivity index (χ3n) is 5.12. The molecule has 0 saturated carbocycles. The Morgan fingerprint density at radius 3 is 2.52 bits per heavy atom. The molecule has 0 aliphatic carbocycles. The van der Waals surface area contributed by atoms with Gasteiger partial charge in [-0.3, -0.25) is 0 Å². The highest BCUT2D eigenvalue weighted by molar-refractivity contribution is 5.89. The van der Waals surface area contributed by atoms with E-state index in [4.69, 9.17) is 0 Å². The van der Waals surface area contributed by atoms with E-state index in [2.05, 4.69) is 53.1 Å². The first-order valence-corrected chi connectivity index (χ1v) is 9.64. The Morgan fingerprint density at radius 1 is 1.15 bits per heavy atom. The molecule has 1 atom stereocenters. The molecule has 27 heavy (non-hydrogen) atoms. The highest BCUT2D eigenvalue weighted by Gasteiger charge is 2.30. The van der Waals surface area contributed by atoms with Crippen LogP contribution in [-0.2, 0) is 0 Å². The minimum Gasteiger partial charge on any atom is -0.357 e. The lowest BCUT2D eigenvalue weighted by Gasteiger charge is -2.40. The van der Waals surface area contributed by atoms with Gasteiger partial charge in [0.15, 0.2) is 0 Å². The van der Waals surface area contributed by atoms with Crippen LogP contribution in [0, 0.1) is 0 Å². The van der Waals surface area contributed by atoms with Crippen molar-refractivity contribution in [3.8, 4) is 0 Å². The topological polar surface area (TPSA) is 51.7 Å². The number of rotatable bonds is 5. The molecule has 6 nitrogen and oxygen atoms in total. The van der Waals surface area contributed by atoms with Crippen LogP contribution in [0.1, 0.15) is 25.5 Å². The summed E-state index contributed by atoms with van der Waals surface area (Å²) in [5.74, 6) is 0.930. The molecule has 1 N–H and O–H groups in total. The van der Waals surface area contributed by atoms with E-state index >= 15 is 0 Å². The molecule has 0 radical (unpaired) electrons. The second kappa shape index (κ2) is 8.86. The number of amides is 2. The third-order valence-corrected chi connectivity index (χ3v) is 5.12. The number of hydrogen-bond donors (Lipinski definition) is 1. The van der Waals surface area contributed by atoms with Crippen molar-refractivity contribution in [3.63, 3.8) is 0 Å². The summed E-state index contributed by atoms with van der Waals surface area (Å²) in [5.41, 5.74) is 1.89. The van der Waals surface area contributed by atoms with Gasteiger partial charge in [0, 0.05) is 32.7 Å². The number of carbonyl (C=O) groups excluding carboxylic acids is 1. The van der Waals surface area contributed by atoms with E-state index in [1.807, 2.05) is 35.2 Å². The zero-order chi connectivity index (χ0) is 19.2. The molecule has 1 aromatic carbocycles. The zero-order valence-electron chi connectivity index (χ0n) is 16.4. The van der Waals surface area contributed by atoms with Crippen LogP contribution in [0.25, 0.3) is 0 Å². The molecule has 3 rings (SSSR count). The predicted molar refractivity (Wildman–Crippen MR) is 110 cm³/mol. The first kappa shape index (κ1) is 19.2. The van der Waals surface area contributed by atoms with Crippen LogP contribution in [0.15, 0.2) is 48.7 Å². The summed E-state index contributed by atoms with van der Waals surface area (Å²) in [6.45, 7) is 8.44. The van der Waals surface area contributed by atoms with Gasteiger partial charge in [-0.05, 0) is 38.6 Å². The first-order chi connectivity index (χ1) is 13.1. The SMILES string of the molecule is CCN(CC)c1ccc(NC(=O)N2CCN(C)CC2c2ccccc2)cn1. The molecule has 1 fully saturated rings. The van der Waals surface area contributed by atoms with Crippen LogP contribution in [0.4, 0.5) is 16.3 Å². The fraction of sp³-hybridized carbons (Fsp3) is 0.429. The Kier molecular flexibility index (Phi) is 6.29. The van der Waals surface area contributed by atoms with Crippen LogP contribution < -0.4 is 10.2 Å². The molecule has 1 aliphatic heterocycles. The van der Waals surface area contributed by atoms with Crippen molar-refractivity contribution in [1.29, 1.82) is 0 Å². The number of piperazine rings is 1. The number of likely N-dealkylation sites (N-methyl/N-ethyl adjacent to an activating group) is 1. The summed E-state index contributed by atoms with van der Waals surface area (Å²) >= 11 is 0. The largest absolute Gasteiger partial charge is 0.357 e. The first-order valence-electron chi connectivity index (χ1n) is 9.64. The van der Waals surface area contributed by atoms with Crippen LogP contribution in [0.2, 0.25) is 0 Å². The second-order valence-corrected chi connectivity index (χ2v) is 6.89. The molecule has 2 amide bonds. The van der Waals surface area contributed by atoms with Crippen LogP contribution in [-0.4, -0.2) is 60.6 Å². The van der Waals surface area contributed by atoms with E-state index in [1.165, 1.54) is 0 Å². The highest BCUT2D eigenvalue weighted by Crippen LogP contribution is 2.25. The summed E-state index contributed by atoms with van der Waals surface area (Å²) in [5, 5.41) is 3.02. The van der Waals surface area contributed by atoms with Gasteiger partial charge in [0.05, 0.1) is 17.9 Å². The van der Waals surface area contributed by atoms with Gasteiger partial charge in [0.25, 0.3) is 0 Å². The number of anilines is 2. The molecule has 2 heterocycles. The zero-order valence-corrected chi connectivity index (χ0v) is 16.4. The van der Waals surface area contributed by atoms with E-state index in [9.17, 15) is 4.79 Å². The van der Waals surface area contributed by atoms with Crippen molar-refractivity contribution in [2.75, 3.05) is 50.0 Å². The smallest absolute Gasteiger partial charge is 0.322 e. The van der Waals surface area contributed by atoms with Crippen molar-refractivity contribution in [2.45, 2.75) is 19.9 Å². The Balaban J connectivity index is 1.72. The summed E-state index contributed by atoms with van der Waals surface area (Å²) in [6.07, 6.45) is 1.74. The van der Waals surface area contributed by atoms with Gasteiger partial charge >= 0.3 is 6.03 Å². The van der Waals surface area contributed by atoms with Gasteiger partial charge < -0.3 is 20.0 Å². The fourth-order valence-corrected chi connectivity index (χ4v) is 3.51. The number of nitrogens with zero attached hydrogens (tertiary/aromatic N) is 4. The Labute approximate surface area is 161 Å². The van der Waals surface area contributed by atoms with E-state index in [1.54, 1.807) is 6.20 Å². The summed E-state index contributed by atoms with van der Waals surface area (Å²) in [7, 11) is 2.10. The minimum atomic E-state index is -0.0747. The molecular weight excluding hydrogens is 338 g/mol. The third kappa shape index (κ3) is 4.57. The molecule has 0 spiro atoms. The fourth-order valence-electron chi connectivity index (χ4n) is 3.51. The van der Waals surface area contributed by atoms with Crippen molar-refractivity contribution >= 4 is 17.5 Å². The van der Waals surface area contributed by atoms with Crippen LogP contribution >= 0.6 is 0 Å². The number of carbonyl (C=O) groups is 1. The molecule has 0 bridgehead atoms. The lowest BCUT2D eigenvalue weighted by molar-refractivity contribution is 0.116. The standard InChI is InChI=1S/C21H29N5O/c1-4-25(5-2)20-12-11-18(15-22-20)23-21(27)26-14-13-24(3)16-19(26)17-9-7-6-8-10-17/h6-12,15,19H,4-5,13-14,16H2,1-3H3,(H,23,27). The Bertz CT molecular complexity index is 730. The number of pyridine rings is 1. The number of urea groups is 1. The van der Waals surface area contributed by atoms with Gasteiger partial charge in [-0.25, -0.2) is 9.78 Å². The predicted octanol–water partition coefficient (Wildman–Crippen LogP) is 3.45. The molecule has 1 aromatic heterocycles. The Morgan fingerprint density at radius 2 is 1.89 bits per heavy atom. The molecule has 1 unspecified atom stereocenters. The van der Waals surface area contributed by atoms with Crippen molar-refractivity contribution in [1.82, 2.24) is 14.8 Å². The summed E-state index contributed by atoms with van der Waals surface area (Å²) in [6, 6.07) is 14.1. The molecule has 6 heteroatoms. The highest BCUT2D eigenvalue weighted by atomic mass is 16.2. The van der Waals surface area contributed by atoms with Gasteiger partial charge in [-0.2, -0.15) is 0 Å². The average molecular weight is 367 g/mol. The second-order valence-electron chi connectivity index (χ2n) is 6.89. The molecule has 1 saturated heterocycles. The maximum Gasteiger partial charge on any atom is 0.322 e. The monoisotopic (exact) mass is 367 g/mol. The molecular formula is C21H29N5O. The molecule has 2 aromatic rings. The van der Waals surface area contributed by atoms with E-state index in [-0.39, 0.29) is 12.1 Å². The van der Waals surface area contributed by atoms with E-state index in [0.717, 1.165) is 43.2 Å². The number of aromatic nitrogens is 1. The lowest BCUT2D eigenvalue weighted by atomic mass is 10.0. The number of nitrogens with one attached hydrogen (secondary N) is 1. The van der Waals surface area contributed by atoms with E-state index < -0.39 is 0 Å². The van der Waals surface area contributed by atoms with Gasteiger partial charge in [0.2, 0.25) is 0 Å².